The fraction of sp³-hybridized carbons (Fsp3) is 0.400. The molecule has 5 nitrogen and oxygen atoms in total. The van der Waals surface area contributed by atoms with E-state index in [1.165, 1.54) is 5.56 Å². The van der Waals surface area contributed by atoms with Crippen molar-refractivity contribution in [3.63, 3.8) is 0 Å². The molecule has 0 aromatic heterocycles. The zero-order valence-electron chi connectivity index (χ0n) is 28.2. The zero-order valence-corrected chi connectivity index (χ0v) is 30.5. The SMILES string of the molecule is CCOc1cc(C2C3=C(CC(C)(C)CC3=O)N(CCc3ccccc3)C3=C2C(=O)CC(C)(C)C3)cc(Cl)c1OCc1ccc(Cl)c(Cl)c1. The van der Waals surface area contributed by atoms with Gasteiger partial charge in [-0.2, -0.15) is 0 Å². The predicted molar refractivity (Wildman–Crippen MR) is 193 cm³/mol. The summed E-state index contributed by atoms with van der Waals surface area (Å²) in [7, 11) is 0. The number of hydrogen-bond acceptors (Lipinski definition) is 5. The number of carbonyl (C=O) groups is 2. The predicted octanol–water partition coefficient (Wildman–Crippen LogP) is 10.6. The van der Waals surface area contributed by atoms with Gasteiger partial charge >= 0.3 is 0 Å². The van der Waals surface area contributed by atoms with Crippen LogP contribution in [0.1, 0.15) is 82.9 Å². The van der Waals surface area contributed by atoms with Crippen molar-refractivity contribution in [1.82, 2.24) is 4.90 Å². The first-order chi connectivity index (χ1) is 22.8. The third-order valence-electron chi connectivity index (χ3n) is 9.52. The Bertz CT molecular complexity index is 1770. The van der Waals surface area contributed by atoms with Gasteiger partial charge in [-0.05, 0) is 78.0 Å². The van der Waals surface area contributed by atoms with Gasteiger partial charge in [-0.25, -0.2) is 0 Å². The minimum Gasteiger partial charge on any atom is -0.490 e. The highest BCUT2D eigenvalue weighted by Gasteiger charge is 2.49. The van der Waals surface area contributed by atoms with E-state index in [2.05, 4.69) is 56.9 Å². The van der Waals surface area contributed by atoms with Crippen LogP contribution in [0.15, 0.2) is 83.2 Å². The van der Waals surface area contributed by atoms with E-state index in [9.17, 15) is 9.59 Å². The van der Waals surface area contributed by atoms with Crippen LogP contribution in [0.25, 0.3) is 0 Å². The maximum atomic E-state index is 14.3. The molecule has 1 heterocycles. The fourth-order valence-electron chi connectivity index (χ4n) is 7.48. The first-order valence-corrected chi connectivity index (χ1v) is 17.8. The van der Waals surface area contributed by atoms with Crippen molar-refractivity contribution in [2.75, 3.05) is 13.2 Å². The van der Waals surface area contributed by atoms with Crippen molar-refractivity contribution in [1.29, 1.82) is 0 Å². The van der Waals surface area contributed by atoms with Crippen LogP contribution in [-0.4, -0.2) is 29.6 Å². The van der Waals surface area contributed by atoms with Crippen LogP contribution in [0.5, 0.6) is 11.5 Å². The molecule has 8 heteroatoms. The van der Waals surface area contributed by atoms with Gasteiger partial charge in [-0.15, -0.1) is 0 Å². The van der Waals surface area contributed by atoms with Crippen LogP contribution < -0.4 is 9.47 Å². The number of carbonyl (C=O) groups excluding carboxylic acids is 2. The zero-order chi connectivity index (χ0) is 34.4. The number of nitrogens with zero attached hydrogens (tertiary/aromatic N) is 1. The highest BCUT2D eigenvalue weighted by Crippen LogP contribution is 2.55. The molecule has 0 amide bonds. The summed E-state index contributed by atoms with van der Waals surface area (Å²) in [4.78, 5) is 30.9. The average molecular weight is 707 g/mol. The van der Waals surface area contributed by atoms with E-state index in [1.54, 1.807) is 12.1 Å². The molecule has 3 aliphatic rings. The second-order valence-corrected chi connectivity index (χ2v) is 15.9. The lowest BCUT2D eigenvalue weighted by atomic mass is 9.63. The summed E-state index contributed by atoms with van der Waals surface area (Å²) in [6.45, 7) is 11.8. The van der Waals surface area contributed by atoms with Crippen molar-refractivity contribution in [2.45, 2.75) is 79.2 Å². The molecular formula is C40H42Cl3NO4. The molecular weight excluding hydrogens is 665 g/mol. The molecule has 252 valence electrons. The lowest BCUT2D eigenvalue weighted by molar-refractivity contribution is -0.119. The van der Waals surface area contributed by atoms with E-state index in [1.807, 2.05) is 31.2 Å². The molecule has 0 radical (unpaired) electrons. The Hall–Kier alpha value is -3.25. The maximum absolute atomic E-state index is 14.3. The Morgan fingerprint density at radius 2 is 1.35 bits per heavy atom. The van der Waals surface area contributed by atoms with Gasteiger partial charge in [0.25, 0.3) is 0 Å². The third kappa shape index (κ3) is 7.06. The fourth-order valence-corrected chi connectivity index (χ4v) is 8.07. The number of Topliss-reactive ketones (excluding diaryl/α,β-unsaturated/α-hetero) is 2. The summed E-state index contributed by atoms with van der Waals surface area (Å²) >= 11 is 19.4. The van der Waals surface area contributed by atoms with Crippen LogP contribution in [0.2, 0.25) is 15.1 Å². The van der Waals surface area contributed by atoms with Gasteiger partial charge in [0.05, 0.1) is 21.7 Å². The number of hydrogen-bond donors (Lipinski definition) is 0. The Balaban J connectivity index is 1.48. The second-order valence-electron chi connectivity index (χ2n) is 14.7. The van der Waals surface area contributed by atoms with Gasteiger partial charge in [-0.3, -0.25) is 9.59 Å². The monoisotopic (exact) mass is 705 g/mol. The van der Waals surface area contributed by atoms with Crippen molar-refractivity contribution in [3.8, 4) is 11.5 Å². The van der Waals surface area contributed by atoms with Crippen molar-refractivity contribution in [2.24, 2.45) is 10.8 Å². The molecule has 0 bridgehead atoms. The number of allylic oxidation sites excluding steroid dienone is 4. The lowest BCUT2D eigenvalue weighted by Crippen LogP contribution is -2.45. The largest absolute Gasteiger partial charge is 0.490 e. The highest BCUT2D eigenvalue weighted by atomic mass is 35.5. The lowest BCUT2D eigenvalue weighted by Gasteiger charge is -2.49. The van der Waals surface area contributed by atoms with Gasteiger partial charge in [0.15, 0.2) is 23.1 Å². The van der Waals surface area contributed by atoms with Crippen LogP contribution in [-0.2, 0) is 22.6 Å². The van der Waals surface area contributed by atoms with Crippen molar-refractivity contribution in [3.05, 3.63) is 115 Å². The van der Waals surface area contributed by atoms with E-state index in [-0.39, 0.29) is 29.0 Å². The maximum Gasteiger partial charge on any atom is 0.180 e. The number of benzene rings is 3. The minimum atomic E-state index is -0.545. The van der Waals surface area contributed by atoms with E-state index in [0.29, 0.717) is 63.7 Å². The molecule has 0 fully saturated rings. The Labute approximate surface area is 298 Å². The number of ether oxygens (including phenoxy) is 2. The van der Waals surface area contributed by atoms with Gasteiger partial charge in [0.1, 0.15) is 6.61 Å². The smallest absolute Gasteiger partial charge is 0.180 e. The normalized spacial score (nSPS) is 19.0. The quantitative estimate of drug-likeness (QED) is 0.222. The highest BCUT2D eigenvalue weighted by molar-refractivity contribution is 6.42. The molecule has 0 atom stereocenters. The summed E-state index contributed by atoms with van der Waals surface area (Å²) in [6, 6.07) is 19.5. The summed E-state index contributed by atoms with van der Waals surface area (Å²) in [5.74, 6) is 0.464. The number of ketones is 2. The van der Waals surface area contributed by atoms with E-state index in [0.717, 1.165) is 41.8 Å². The molecule has 3 aromatic rings. The molecule has 0 N–H and O–H groups in total. The molecule has 48 heavy (non-hydrogen) atoms. The van der Waals surface area contributed by atoms with Gasteiger partial charge in [-0.1, -0.05) is 98.9 Å². The van der Waals surface area contributed by atoms with Gasteiger partial charge < -0.3 is 14.4 Å². The van der Waals surface area contributed by atoms with Crippen LogP contribution in [0, 0.1) is 10.8 Å². The number of halogens is 3. The summed E-state index contributed by atoms with van der Waals surface area (Å²) in [5.41, 5.74) is 5.83. The van der Waals surface area contributed by atoms with Gasteiger partial charge in [0.2, 0.25) is 0 Å². The number of rotatable bonds is 9. The molecule has 0 unspecified atom stereocenters. The molecule has 3 aromatic carbocycles. The second kappa shape index (κ2) is 13.6. The van der Waals surface area contributed by atoms with Crippen molar-refractivity contribution >= 4 is 46.4 Å². The average Bonchev–Trinajstić information content (AvgIpc) is 3.00. The van der Waals surface area contributed by atoms with E-state index >= 15 is 0 Å². The summed E-state index contributed by atoms with van der Waals surface area (Å²) < 4.78 is 12.3. The van der Waals surface area contributed by atoms with E-state index in [4.69, 9.17) is 44.3 Å². The first-order valence-electron chi connectivity index (χ1n) is 16.6. The Morgan fingerprint density at radius 3 is 1.94 bits per heavy atom. The Kier molecular flexibility index (Phi) is 9.79. The first kappa shape index (κ1) is 34.6. The van der Waals surface area contributed by atoms with Crippen LogP contribution >= 0.6 is 34.8 Å². The minimum absolute atomic E-state index is 0.0779. The molecule has 2 aliphatic carbocycles. The molecule has 1 aliphatic heterocycles. The summed E-state index contributed by atoms with van der Waals surface area (Å²) in [5, 5.41) is 1.25. The van der Waals surface area contributed by atoms with Crippen molar-refractivity contribution < 1.29 is 19.1 Å². The van der Waals surface area contributed by atoms with Crippen LogP contribution in [0.3, 0.4) is 0 Å². The topological polar surface area (TPSA) is 55.8 Å². The molecule has 0 saturated heterocycles. The van der Waals surface area contributed by atoms with Gasteiger partial charge in [0, 0.05) is 47.8 Å². The third-order valence-corrected chi connectivity index (χ3v) is 10.5. The standard InChI is InChI=1S/C40H42Cl3NO4/c1-6-47-34-18-26(17-29(43)38(34)48-23-25-12-13-27(41)28(42)16-25)35-36-30(19-39(2,3)21-32(36)45)44(15-14-24-10-8-7-9-11-24)31-20-40(4,5)22-33(46)37(31)35/h7-13,16-18,35H,6,14-15,19-23H2,1-5H3. The Morgan fingerprint density at radius 1 is 0.729 bits per heavy atom. The molecule has 6 rings (SSSR count). The molecule has 0 saturated carbocycles. The molecule has 0 spiro atoms. The van der Waals surface area contributed by atoms with Crippen LogP contribution in [0.4, 0.5) is 0 Å². The summed E-state index contributed by atoms with van der Waals surface area (Å²) in [6.07, 6.45) is 3.10. The van der Waals surface area contributed by atoms with E-state index < -0.39 is 5.92 Å².